The highest BCUT2D eigenvalue weighted by atomic mass is 32.2. The van der Waals surface area contributed by atoms with E-state index in [4.69, 9.17) is 25.4 Å². The summed E-state index contributed by atoms with van der Waals surface area (Å²) in [5.74, 6) is -2.20. The Morgan fingerprint density at radius 2 is 1.82 bits per heavy atom. The van der Waals surface area contributed by atoms with Crippen molar-refractivity contribution in [3.63, 3.8) is 0 Å². The van der Waals surface area contributed by atoms with Crippen molar-refractivity contribution in [1.29, 1.82) is 5.41 Å². The first-order valence-corrected chi connectivity index (χ1v) is 14.7. The van der Waals surface area contributed by atoms with E-state index >= 15 is 0 Å². The number of piperidine rings is 1. The number of ether oxygens (including phenoxy) is 3. The third-order valence-electron chi connectivity index (χ3n) is 6.05. The lowest BCUT2D eigenvalue weighted by Crippen LogP contribution is -2.36. The van der Waals surface area contributed by atoms with Gasteiger partial charge in [0, 0.05) is 5.56 Å². The molecule has 0 spiro atoms. The van der Waals surface area contributed by atoms with E-state index in [1.54, 1.807) is 56.3 Å². The third kappa shape index (κ3) is 8.55. The van der Waals surface area contributed by atoms with Gasteiger partial charge in [0.25, 0.3) is 0 Å². The Balaban J connectivity index is 1.98. The molecule has 2 aromatic rings. The number of hydrogen-bond donors (Lipinski definition) is 3. The maximum Gasteiger partial charge on any atom is 0.341 e. The van der Waals surface area contributed by atoms with Crippen molar-refractivity contribution < 1.29 is 32.2 Å². The Hall–Kier alpha value is -3.90. The summed E-state index contributed by atoms with van der Waals surface area (Å²) in [4.78, 5) is 25.0. The number of amidine groups is 1. The Kier molecular flexibility index (Phi) is 11.1. The number of benzene rings is 2. The summed E-state index contributed by atoms with van der Waals surface area (Å²) in [6, 6.07) is 11.4. The minimum Gasteiger partial charge on any atom is -0.489 e. The number of nitrogens with two attached hydrogens (primary N) is 1. The van der Waals surface area contributed by atoms with Crippen LogP contribution in [0.5, 0.6) is 5.75 Å². The normalized spacial score (nSPS) is 14.1. The summed E-state index contributed by atoms with van der Waals surface area (Å²) in [5.41, 5.74) is 7.05. The summed E-state index contributed by atoms with van der Waals surface area (Å²) in [7, 11) is -4.22. The van der Waals surface area contributed by atoms with Crippen molar-refractivity contribution >= 4 is 39.6 Å². The quantitative estimate of drug-likeness (QED) is 0.186. The highest BCUT2D eigenvalue weighted by Gasteiger charge is 2.28. The Morgan fingerprint density at radius 3 is 2.50 bits per heavy atom. The van der Waals surface area contributed by atoms with Gasteiger partial charge in [-0.25, -0.2) is 13.2 Å². The molecule has 1 saturated heterocycles. The number of sulfonamides is 1. The Bertz CT molecular complexity index is 1340. The van der Waals surface area contributed by atoms with Gasteiger partial charge in [-0.15, -0.1) is 0 Å². The van der Waals surface area contributed by atoms with Crippen LogP contribution in [0.25, 0.3) is 6.08 Å². The molecule has 0 atom stereocenters. The summed E-state index contributed by atoms with van der Waals surface area (Å²) in [5, 5.41) is 10.9. The molecule has 1 heterocycles. The number of rotatable bonds is 13. The molecule has 0 aromatic heterocycles. The first kappa shape index (κ1) is 30.6. The standard InChI is InChI=1S/C28H36N4O7S/c1-3-37-26(33)19-40(35,36)32(16-6-8-20-7-5-9-21(17-20)27(29)30)22-10-11-25(24(18-22)28(34)38-4-2)39-23-12-14-31-15-13-23/h5-11,17-18,23,31H,3-4,12-16,19H2,1-2H3,(H3,29,30). The molecule has 1 fully saturated rings. The molecule has 4 N–H and O–H groups in total. The van der Waals surface area contributed by atoms with Crippen LogP contribution in [0.1, 0.15) is 48.2 Å². The zero-order valence-electron chi connectivity index (χ0n) is 22.7. The van der Waals surface area contributed by atoms with Crippen LogP contribution in [0.3, 0.4) is 0 Å². The van der Waals surface area contributed by atoms with Crippen LogP contribution >= 0.6 is 0 Å². The van der Waals surface area contributed by atoms with Crippen molar-refractivity contribution in [1.82, 2.24) is 5.32 Å². The molecule has 0 saturated carbocycles. The summed E-state index contributed by atoms with van der Waals surface area (Å²) in [6.45, 7) is 4.87. The average molecular weight is 573 g/mol. The molecule has 12 heteroatoms. The lowest BCUT2D eigenvalue weighted by atomic mass is 10.1. The van der Waals surface area contributed by atoms with Crippen molar-refractivity contribution in [3.8, 4) is 5.75 Å². The fraction of sp³-hybridized carbons (Fsp3) is 0.393. The molecule has 0 amide bonds. The van der Waals surface area contributed by atoms with Crippen molar-refractivity contribution in [2.24, 2.45) is 5.73 Å². The minimum absolute atomic E-state index is 0.0382. The highest BCUT2D eigenvalue weighted by Crippen LogP contribution is 2.30. The van der Waals surface area contributed by atoms with Crippen molar-refractivity contribution in [3.05, 3.63) is 65.2 Å². The molecular formula is C28H36N4O7S. The fourth-order valence-electron chi connectivity index (χ4n) is 4.14. The van der Waals surface area contributed by atoms with E-state index in [2.05, 4.69) is 5.32 Å². The topological polar surface area (TPSA) is 161 Å². The Labute approximate surface area is 234 Å². The summed E-state index contributed by atoms with van der Waals surface area (Å²) >= 11 is 0. The molecule has 0 radical (unpaired) electrons. The van der Waals surface area contributed by atoms with Gasteiger partial charge >= 0.3 is 11.9 Å². The van der Waals surface area contributed by atoms with Crippen LogP contribution in [-0.4, -0.2) is 70.9 Å². The second-order valence-electron chi connectivity index (χ2n) is 9.00. The van der Waals surface area contributed by atoms with Gasteiger partial charge in [-0.05, 0) is 69.6 Å². The molecule has 11 nitrogen and oxygen atoms in total. The zero-order valence-corrected chi connectivity index (χ0v) is 23.5. The molecule has 40 heavy (non-hydrogen) atoms. The minimum atomic E-state index is -4.22. The van der Waals surface area contributed by atoms with Gasteiger partial charge in [-0.3, -0.25) is 14.5 Å². The predicted octanol–water partition coefficient (Wildman–Crippen LogP) is 2.69. The largest absolute Gasteiger partial charge is 0.489 e. The van der Waals surface area contributed by atoms with Crippen LogP contribution in [0, 0.1) is 5.41 Å². The Morgan fingerprint density at radius 1 is 1.10 bits per heavy atom. The number of carbonyl (C=O) groups is 2. The monoisotopic (exact) mass is 572 g/mol. The number of hydrogen-bond acceptors (Lipinski definition) is 9. The van der Waals surface area contributed by atoms with Gasteiger partial charge < -0.3 is 25.3 Å². The van der Waals surface area contributed by atoms with Crippen LogP contribution in [0.15, 0.2) is 48.5 Å². The first-order valence-electron chi connectivity index (χ1n) is 13.1. The molecule has 216 valence electrons. The second kappa shape index (κ2) is 14.5. The van der Waals surface area contributed by atoms with Crippen LogP contribution in [-0.2, 0) is 24.3 Å². The van der Waals surface area contributed by atoms with Crippen LogP contribution < -0.4 is 20.1 Å². The van der Waals surface area contributed by atoms with E-state index in [1.165, 1.54) is 12.1 Å². The summed E-state index contributed by atoms with van der Waals surface area (Å²) in [6.07, 6.45) is 4.71. The molecule has 1 aliphatic heterocycles. The van der Waals surface area contributed by atoms with E-state index in [0.717, 1.165) is 30.2 Å². The average Bonchev–Trinajstić information content (AvgIpc) is 2.92. The third-order valence-corrected chi connectivity index (χ3v) is 7.68. The van der Waals surface area contributed by atoms with E-state index in [9.17, 15) is 18.0 Å². The highest BCUT2D eigenvalue weighted by molar-refractivity contribution is 7.93. The van der Waals surface area contributed by atoms with Crippen LogP contribution in [0.2, 0.25) is 0 Å². The molecule has 0 bridgehead atoms. The molecular weight excluding hydrogens is 536 g/mol. The molecule has 0 aliphatic carbocycles. The second-order valence-corrected chi connectivity index (χ2v) is 10.9. The molecule has 2 aromatic carbocycles. The summed E-state index contributed by atoms with van der Waals surface area (Å²) < 4.78 is 44.1. The van der Waals surface area contributed by atoms with E-state index in [1.807, 2.05) is 0 Å². The number of esters is 2. The maximum atomic E-state index is 13.4. The number of nitrogens with zero attached hydrogens (tertiary/aromatic N) is 1. The van der Waals surface area contributed by atoms with Gasteiger partial charge in [0.1, 0.15) is 23.3 Å². The van der Waals surface area contributed by atoms with Gasteiger partial charge in [0.2, 0.25) is 10.0 Å². The SMILES string of the molecule is CCOC(=O)CS(=O)(=O)N(CC=Cc1cccc(C(=N)N)c1)c1ccc(OC2CCNCC2)c(C(=O)OCC)c1. The van der Waals surface area contributed by atoms with Crippen LogP contribution in [0.4, 0.5) is 5.69 Å². The number of nitrogens with one attached hydrogen (secondary N) is 2. The lowest BCUT2D eigenvalue weighted by Gasteiger charge is -2.26. The van der Waals surface area contributed by atoms with Gasteiger partial charge in [-0.2, -0.15) is 0 Å². The predicted molar refractivity (Wildman–Crippen MR) is 153 cm³/mol. The number of carbonyl (C=O) groups excluding carboxylic acids is 2. The fourth-order valence-corrected chi connectivity index (χ4v) is 5.43. The van der Waals surface area contributed by atoms with Crippen molar-refractivity contribution in [2.75, 3.05) is 42.9 Å². The first-order chi connectivity index (χ1) is 19.1. The maximum absolute atomic E-state index is 13.4. The molecule has 1 aliphatic rings. The zero-order chi connectivity index (χ0) is 29.1. The lowest BCUT2D eigenvalue weighted by molar-refractivity contribution is -0.139. The molecule has 3 rings (SSSR count). The van der Waals surface area contributed by atoms with Gasteiger partial charge in [-0.1, -0.05) is 30.4 Å². The van der Waals surface area contributed by atoms with E-state index in [0.29, 0.717) is 16.9 Å². The van der Waals surface area contributed by atoms with Gasteiger partial charge in [0.05, 0.1) is 25.4 Å². The molecule has 0 unspecified atom stereocenters. The number of anilines is 1. The van der Waals surface area contributed by atoms with Gasteiger partial charge in [0.15, 0.2) is 5.75 Å². The smallest absolute Gasteiger partial charge is 0.341 e. The number of nitrogen functional groups attached to an aromatic ring is 1. The van der Waals surface area contributed by atoms with E-state index < -0.39 is 27.7 Å². The van der Waals surface area contributed by atoms with Crippen molar-refractivity contribution in [2.45, 2.75) is 32.8 Å². The van der Waals surface area contributed by atoms with E-state index in [-0.39, 0.29) is 42.9 Å².